The SMILES string of the molecule is CCNC(=O)[C@@H](C)N(C)Cc1cc(Cl)ccc1OC. The van der Waals surface area contributed by atoms with Crippen molar-refractivity contribution in [2.45, 2.75) is 26.4 Å². The Bertz CT molecular complexity index is 437. The third kappa shape index (κ3) is 4.40. The number of hydrogen-bond donors (Lipinski definition) is 1. The summed E-state index contributed by atoms with van der Waals surface area (Å²) in [7, 11) is 3.53. The van der Waals surface area contributed by atoms with E-state index in [0.717, 1.165) is 11.3 Å². The van der Waals surface area contributed by atoms with Gasteiger partial charge >= 0.3 is 0 Å². The van der Waals surface area contributed by atoms with Gasteiger partial charge in [0, 0.05) is 23.7 Å². The number of nitrogens with one attached hydrogen (secondary N) is 1. The predicted octanol–water partition coefficient (Wildman–Crippen LogP) is 2.30. The van der Waals surface area contributed by atoms with Crippen LogP contribution in [0.4, 0.5) is 0 Å². The highest BCUT2D eigenvalue weighted by atomic mass is 35.5. The van der Waals surface area contributed by atoms with Gasteiger partial charge < -0.3 is 10.1 Å². The summed E-state index contributed by atoms with van der Waals surface area (Å²) < 4.78 is 5.30. The first-order valence-electron chi connectivity index (χ1n) is 6.30. The molecule has 1 aromatic carbocycles. The number of halogens is 1. The number of hydrogen-bond acceptors (Lipinski definition) is 3. The van der Waals surface area contributed by atoms with Crippen LogP contribution in [-0.2, 0) is 11.3 Å². The first-order chi connectivity index (χ1) is 8.99. The number of carbonyl (C=O) groups is 1. The van der Waals surface area contributed by atoms with Crippen LogP contribution in [0.2, 0.25) is 5.02 Å². The molecule has 19 heavy (non-hydrogen) atoms. The van der Waals surface area contributed by atoms with Crippen LogP contribution in [0, 0.1) is 0 Å². The molecule has 4 nitrogen and oxygen atoms in total. The van der Waals surface area contributed by atoms with Crippen molar-refractivity contribution < 1.29 is 9.53 Å². The molecule has 1 aromatic rings. The summed E-state index contributed by atoms with van der Waals surface area (Å²) in [4.78, 5) is 13.7. The lowest BCUT2D eigenvalue weighted by Crippen LogP contribution is -2.42. The molecule has 0 aliphatic carbocycles. The van der Waals surface area contributed by atoms with Gasteiger partial charge in [-0.1, -0.05) is 11.6 Å². The van der Waals surface area contributed by atoms with Gasteiger partial charge in [-0.05, 0) is 39.1 Å². The Hall–Kier alpha value is -1.26. The maximum absolute atomic E-state index is 11.8. The van der Waals surface area contributed by atoms with Crippen LogP contribution >= 0.6 is 11.6 Å². The lowest BCUT2D eigenvalue weighted by Gasteiger charge is -2.24. The molecular formula is C14H21ClN2O2. The minimum absolute atomic E-state index is 0.0194. The first kappa shape index (κ1) is 15.8. The van der Waals surface area contributed by atoms with Crippen LogP contribution in [-0.4, -0.2) is 37.6 Å². The molecule has 0 heterocycles. The first-order valence-corrected chi connectivity index (χ1v) is 6.67. The van der Waals surface area contributed by atoms with Gasteiger partial charge in [-0.15, -0.1) is 0 Å². The van der Waals surface area contributed by atoms with E-state index in [1.807, 2.05) is 37.9 Å². The van der Waals surface area contributed by atoms with E-state index in [-0.39, 0.29) is 11.9 Å². The largest absolute Gasteiger partial charge is 0.496 e. The molecule has 0 saturated heterocycles. The zero-order valence-corrected chi connectivity index (χ0v) is 12.6. The predicted molar refractivity (Wildman–Crippen MR) is 77.6 cm³/mol. The molecule has 0 aromatic heterocycles. The lowest BCUT2D eigenvalue weighted by molar-refractivity contribution is -0.125. The van der Waals surface area contributed by atoms with E-state index < -0.39 is 0 Å². The van der Waals surface area contributed by atoms with E-state index in [2.05, 4.69) is 5.32 Å². The Morgan fingerprint density at radius 3 is 2.79 bits per heavy atom. The van der Waals surface area contributed by atoms with Crippen molar-refractivity contribution in [3.05, 3.63) is 28.8 Å². The molecule has 1 atom stereocenters. The Kier molecular flexibility index (Phi) is 6.12. The number of ether oxygens (including phenoxy) is 1. The zero-order valence-electron chi connectivity index (χ0n) is 11.9. The fraction of sp³-hybridized carbons (Fsp3) is 0.500. The molecule has 0 spiro atoms. The van der Waals surface area contributed by atoms with Gasteiger partial charge in [0.15, 0.2) is 0 Å². The number of likely N-dealkylation sites (N-methyl/N-ethyl adjacent to an activating group) is 2. The topological polar surface area (TPSA) is 41.6 Å². The number of methoxy groups -OCH3 is 1. The van der Waals surface area contributed by atoms with Crippen LogP contribution < -0.4 is 10.1 Å². The maximum atomic E-state index is 11.8. The standard InChI is InChI=1S/C14H21ClN2O2/c1-5-16-14(18)10(2)17(3)9-11-8-12(15)6-7-13(11)19-4/h6-8,10H,5,9H2,1-4H3,(H,16,18)/t10-/m1/s1. The number of benzene rings is 1. The van der Waals surface area contributed by atoms with Gasteiger partial charge in [0.25, 0.3) is 0 Å². The van der Waals surface area contributed by atoms with E-state index in [1.54, 1.807) is 13.2 Å². The molecule has 0 fully saturated rings. The fourth-order valence-electron chi connectivity index (χ4n) is 1.80. The minimum atomic E-state index is -0.205. The van der Waals surface area contributed by atoms with Crippen molar-refractivity contribution >= 4 is 17.5 Å². The molecular weight excluding hydrogens is 264 g/mol. The molecule has 106 valence electrons. The summed E-state index contributed by atoms with van der Waals surface area (Å²) in [6, 6.07) is 5.28. The van der Waals surface area contributed by atoms with Gasteiger partial charge in [-0.25, -0.2) is 0 Å². The van der Waals surface area contributed by atoms with E-state index in [1.165, 1.54) is 0 Å². The molecule has 5 heteroatoms. The third-order valence-electron chi connectivity index (χ3n) is 3.05. The van der Waals surface area contributed by atoms with Gasteiger partial charge in [0.1, 0.15) is 5.75 Å². The van der Waals surface area contributed by atoms with Gasteiger partial charge in [-0.2, -0.15) is 0 Å². The lowest BCUT2D eigenvalue weighted by atomic mass is 10.1. The van der Waals surface area contributed by atoms with Gasteiger partial charge in [0.2, 0.25) is 5.91 Å². The van der Waals surface area contributed by atoms with Crippen LogP contribution in [0.1, 0.15) is 19.4 Å². The molecule has 1 amide bonds. The molecule has 0 radical (unpaired) electrons. The van der Waals surface area contributed by atoms with Crippen LogP contribution in [0.3, 0.4) is 0 Å². The van der Waals surface area contributed by atoms with E-state index in [9.17, 15) is 4.79 Å². The van der Waals surface area contributed by atoms with E-state index in [0.29, 0.717) is 18.1 Å². The van der Waals surface area contributed by atoms with Crippen molar-refractivity contribution in [2.75, 3.05) is 20.7 Å². The maximum Gasteiger partial charge on any atom is 0.237 e. The van der Waals surface area contributed by atoms with E-state index >= 15 is 0 Å². The summed E-state index contributed by atoms with van der Waals surface area (Å²) in [6.45, 7) is 5.02. The molecule has 0 aliphatic rings. The molecule has 0 saturated carbocycles. The average molecular weight is 285 g/mol. The second kappa shape index (κ2) is 7.36. The Balaban J connectivity index is 2.78. The minimum Gasteiger partial charge on any atom is -0.496 e. The Morgan fingerprint density at radius 1 is 1.53 bits per heavy atom. The molecule has 0 bridgehead atoms. The fourth-order valence-corrected chi connectivity index (χ4v) is 1.99. The highest BCUT2D eigenvalue weighted by molar-refractivity contribution is 6.30. The molecule has 1 N–H and O–H groups in total. The van der Waals surface area contributed by atoms with Gasteiger partial charge in [0.05, 0.1) is 13.2 Å². The smallest absolute Gasteiger partial charge is 0.237 e. The molecule has 0 unspecified atom stereocenters. The van der Waals surface area contributed by atoms with Crippen molar-refractivity contribution in [3.8, 4) is 5.75 Å². The summed E-state index contributed by atoms with van der Waals surface area (Å²) >= 11 is 6.00. The Labute approximate surface area is 119 Å². The summed E-state index contributed by atoms with van der Waals surface area (Å²) in [5.41, 5.74) is 0.966. The monoisotopic (exact) mass is 284 g/mol. The van der Waals surface area contributed by atoms with Gasteiger partial charge in [-0.3, -0.25) is 9.69 Å². The highest BCUT2D eigenvalue weighted by Crippen LogP contribution is 2.24. The number of carbonyl (C=O) groups excluding carboxylic acids is 1. The molecule has 0 aliphatic heterocycles. The van der Waals surface area contributed by atoms with E-state index in [4.69, 9.17) is 16.3 Å². The van der Waals surface area contributed by atoms with Crippen molar-refractivity contribution in [1.82, 2.24) is 10.2 Å². The summed E-state index contributed by atoms with van der Waals surface area (Å²) in [5, 5.41) is 3.48. The second-order valence-electron chi connectivity index (χ2n) is 4.44. The normalized spacial score (nSPS) is 12.3. The third-order valence-corrected chi connectivity index (χ3v) is 3.29. The van der Waals surface area contributed by atoms with Crippen LogP contribution in [0.5, 0.6) is 5.75 Å². The number of rotatable bonds is 6. The average Bonchev–Trinajstić information content (AvgIpc) is 2.38. The van der Waals surface area contributed by atoms with Crippen molar-refractivity contribution in [1.29, 1.82) is 0 Å². The van der Waals surface area contributed by atoms with Crippen LogP contribution in [0.15, 0.2) is 18.2 Å². The Morgan fingerprint density at radius 2 is 2.21 bits per heavy atom. The van der Waals surface area contributed by atoms with Crippen molar-refractivity contribution in [3.63, 3.8) is 0 Å². The number of nitrogens with zero attached hydrogens (tertiary/aromatic N) is 1. The zero-order chi connectivity index (χ0) is 14.4. The number of amides is 1. The summed E-state index contributed by atoms with van der Waals surface area (Å²) in [5.74, 6) is 0.797. The van der Waals surface area contributed by atoms with Crippen LogP contribution in [0.25, 0.3) is 0 Å². The summed E-state index contributed by atoms with van der Waals surface area (Å²) in [6.07, 6.45) is 0. The molecule has 1 rings (SSSR count). The quantitative estimate of drug-likeness (QED) is 0.872. The second-order valence-corrected chi connectivity index (χ2v) is 4.88. The highest BCUT2D eigenvalue weighted by Gasteiger charge is 2.18. The van der Waals surface area contributed by atoms with Crippen molar-refractivity contribution in [2.24, 2.45) is 0 Å².